The zero-order chi connectivity index (χ0) is 53.0. The topological polar surface area (TPSA) is 77.6 Å². The Kier molecular flexibility index (Phi) is 10.5. The minimum Gasteiger partial charge on any atom is -0.455 e. The van der Waals surface area contributed by atoms with Crippen molar-refractivity contribution in [3.8, 4) is 113 Å². The normalized spacial score (nSPS) is 13.5. The smallest absolute Gasteiger partial charge is 0.164 e. The Morgan fingerprint density at radius 1 is 0.266 bits per heavy atom. The first-order valence-corrected chi connectivity index (χ1v) is 27.0. The van der Waals surface area contributed by atoms with Crippen molar-refractivity contribution in [1.82, 2.24) is 24.9 Å². The number of hydrogen-bond donors (Lipinski definition) is 0. The molecular formula is C73H51N5O. The van der Waals surface area contributed by atoms with Crippen molar-refractivity contribution < 1.29 is 4.42 Å². The van der Waals surface area contributed by atoms with Crippen molar-refractivity contribution in [2.24, 2.45) is 0 Å². The van der Waals surface area contributed by atoms with Gasteiger partial charge in [0.25, 0.3) is 0 Å². The number of benzene rings is 10. The summed E-state index contributed by atoms with van der Waals surface area (Å²) in [7, 11) is 0. The van der Waals surface area contributed by atoms with Crippen molar-refractivity contribution in [2.45, 2.75) is 38.5 Å². The lowest BCUT2D eigenvalue weighted by atomic mass is 9.82. The molecule has 3 heterocycles. The maximum Gasteiger partial charge on any atom is 0.164 e. The molecule has 2 aliphatic carbocycles. The molecule has 0 radical (unpaired) electrons. The fourth-order valence-corrected chi connectivity index (χ4v) is 12.4. The molecule has 6 nitrogen and oxygen atoms in total. The van der Waals surface area contributed by atoms with E-state index >= 15 is 0 Å². The van der Waals surface area contributed by atoms with Gasteiger partial charge in [-0.15, -0.1) is 0 Å². The Hall–Kier alpha value is -9.91. The van der Waals surface area contributed by atoms with Gasteiger partial charge in [-0.05, 0) is 97.6 Å². The summed E-state index contributed by atoms with van der Waals surface area (Å²) in [6, 6.07) is 83.6. The molecule has 79 heavy (non-hydrogen) atoms. The molecule has 0 unspecified atom stereocenters. The summed E-state index contributed by atoms with van der Waals surface area (Å²) >= 11 is 0. The summed E-state index contributed by atoms with van der Waals surface area (Å²) in [4.78, 5) is 26.4. The molecule has 13 aromatic rings. The predicted octanol–water partition coefficient (Wildman–Crippen LogP) is 18.5. The zero-order valence-corrected chi connectivity index (χ0v) is 44.2. The number of hydrogen-bond acceptors (Lipinski definition) is 6. The van der Waals surface area contributed by atoms with Gasteiger partial charge in [-0.2, -0.15) is 0 Å². The lowest BCUT2D eigenvalue weighted by Crippen LogP contribution is -2.15. The first-order chi connectivity index (χ1) is 38.6. The van der Waals surface area contributed by atoms with Gasteiger partial charge in [0.2, 0.25) is 0 Å². The number of fused-ring (bicyclic) bond motifs is 9. The second kappa shape index (κ2) is 17.8. The van der Waals surface area contributed by atoms with Gasteiger partial charge in [-0.3, -0.25) is 0 Å². The molecule has 0 bridgehead atoms. The fourth-order valence-electron chi connectivity index (χ4n) is 12.4. The minimum absolute atomic E-state index is 0.181. The molecule has 6 heteroatoms. The van der Waals surface area contributed by atoms with E-state index < -0.39 is 0 Å². The van der Waals surface area contributed by atoms with Crippen LogP contribution in [-0.2, 0) is 10.8 Å². The summed E-state index contributed by atoms with van der Waals surface area (Å²) in [5.41, 5.74) is 23.3. The van der Waals surface area contributed by atoms with E-state index in [4.69, 9.17) is 29.3 Å². The Labute approximate surface area is 458 Å². The highest BCUT2D eigenvalue weighted by Gasteiger charge is 2.37. The molecule has 15 rings (SSSR count). The van der Waals surface area contributed by atoms with E-state index in [-0.39, 0.29) is 10.8 Å². The second-order valence-corrected chi connectivity index (χ2v) is 22.0. The van der Waals surface area contributed by atoms with Crippen LogP contribution in [0.25, 0.3) is 135 Å². The van der Waals surface area contributed by atoms with E-state index in [1.807, 2.05) is 30.3 Å². The predicted molar refractivity (Wildman–Crippen MR) is 321 cm³/mol. The quantitative estimate of drug-likeness (QED) is 0.151. The standard InChI is InChI=1S/C73H51N5O/c1-72(2)60-28-11-8-23-54(60)56-37-35-51(41-62(56)72)70-76-69(77-71(78-70)52-36-38-57-55-24-9-12-29-61(55)73(3,4)63(57)42-52)50-22-15-20-48(40-50)47-19-14-21-49(39-47)65-43-64(74-68(75-65)46-17-6-5-7-18-46)45-33-31-44(32-34-45)53-26-16-27-59-58-25-10-13-30-66(58)79-67(53)59/h5-43H,1-4H3. The molecule has 10 aromatic carbocycles. The summed E-state index contributed by atoms with van der Waals surface area (Å²) in [6.07, 6.45) is 0. The largest absolute Gasteiger partial charge is 0.455 e. The van der Waals surface area contributed by atoms with Crippen LogP contribution in [0.1, 0.15) is 49.9 Å². The van der Waals surface area contributed by atoms with E-state index in [1.165, 1.54) is 44.5 Å². The lowest BCUT2D eigenvalue weighted by molar-refractivity contribution is 0.660. The average molecular weight is 1010 g/mol. The number of rotatable bonds is 8. The van der Waals surface area contributed by atoms with Crippen LogP contribution in [0.2, 0.25) is 0 Å². The number of furan rings is 1. The van der Waals surface area contributed by atoms with Gasteiger partial charge in [-0.1, -0.05) is 228 Å². The molecule has 0 saturated heterocycles. The number of aromatic nitrogens is 5. The maximum absolute atomic E-state index is 6.42. The fraction of sp³-hybridized carbons (Fsp3) is 0.0822. The minimum atomic E-state index is -0.181. The highest BCUT2D eigenvalue weighted by Crippen LogP contribution is 2.51. The second-order valence-electron chi connectivity index (χ2n) is 22.0. The summed E-state index contributed by atoms with van der Waals surface area (Å²) in [5, 5.41) is 2.22. The van der Waals surface area contributed by atoms with Crippen molar-refractivity contribution in [2.75, 3.05) is 0 Å². The maximum atomic E-state index is 6.42. The van der Waals surface area contributed by atoms with Crippen molar-refractivity contribution in [3.63, 3.8) is 0 Å². The van der Waals surface area contributed by atoms with Crippen LogP contribution in [0.3, 0.4) is 0 Å². The molecule has 0 N–H and O–H groups in total. The van der Waals surface area contributed by atoms with Crippen molar-refractivity contribution in [1.29, 1.82) is 0 Å². The third-order valence-electron chi connectivity index (χ3n) is 16.6. The van der Waals surface area contributed by atoms with Crippen LogP contribution < -0.4 is 0 Å². The van der Waals surface area contributed by atoms with Crippen LogP contribution in [0.15, 0.2) is 241 Å². The molecular weight excluding hydrogens is 963 g/mol. The van der Waals surface area contributed by atoms with Gasteiger partial charge in [-0.25, -0.2) is 24.9 Å². The summed E-state index contributed by atoms with van der Waals surface area (Å²) in [5.74, 6) is 2.54. The van der Waals surface area contributed by atoms with Gasteiger partial charge < -0.3 is 4.42 Å². The first-order valence-electron chi connectivity index (χ1n) is 27.0. The van der Waals surface area contributed by atoms with Crippen LogP contribution >= 0.6 is 0 Å². The Balaban J connectivity index is 0.812. The summed E-state index contributed by atoms with van der Waals surface area (Å²) in [6.45, 7) is 9.25. The molecule has 0 spiro atoms. The molecule has 2 aliphatic rings. The van der Waals surface area contributed by atoms with Gasteiger partial charge in [0, 0.05) is 60.5 Å². The molecule has 0 saturated carbocycles. The number of para-hydroxylation sites is 2. The van der Waals surface area contributed by atoms with Gasteiger partial charge >= 0.3 is 0 Å². The van der Waals surface area contributed by atoms with Gasteiger partial charge in [0.15, 0.2) is 23.3 Å². The molecule has 0 aliphatic heterocycles. The first kappa shape index (κ1) is 46.4. The van der Waals surface area contributed by atoms with E-state index in [0.29, 0.717) is 23.3 Å². The van der Waals surface area contributed by atoms with Crippen LogP contribution in [0.4, 0.5) is 0 Å². The third-order valence-corrected chi connectivity index (χ3v) is 16.6. The highest BCUT2D eigenvalue weighted by molar-refractivity contribution is 6.09. The molecule has 0 fully saturated rings. The summed E-state index contributed by atoms with van der Waals surface area (Å²) < 4.78 is 6.42. The molecule has 0 amide bonds. The molecule has 0 atom stereocenters. The van der Waals surface area contributed by atoms with Crippen molar-refractivity contribution >= 4 is 21.9 Å². The molecule has 374 valence electrons. The highest BCUT2D eigenvalue weighted by atomic mass is 16.3. The van der Waals surface area contributed by atoms with E-state index in [9.17, 15) is 0 Å². The zero-order valence-electron chi connectivity index (χ0n) is 44.2. The third kappa shape index (κ3) is 7.66. The average Bonchev–Trinajstić information content (AvgIpc) is 4.20. The van der Waals surface area contributed by atoms with Gasteiger partial charge in [0.1, 0.15) is 11.2 Å². The Bertz CT molecular complexity index is 4480. The van der Waals surface area contributed by atoms with Crippen LogP contribution in [0.5, 0.6) is 0 Å². The van der Waals surface area contributed by atoms with E-state index in [2.05, 4.69) is 234 Å². The van der Waals surface area contributed by atoms with Crippen molar-refractivity contribution in [3.05, 3.63) is 259 Å². The Morgan fingerprint density at radius 2 is 0.684 bits per heavy atom. The van der Waals surface area contributed by atoms with E-state index in [1.54, 1.807) is 0 Å². The molecule has 3 aromatic heterocycles. The van der Waals surface area contributed by atoms with E-state index in [0.717, 1.165) is 89.0 Å². The number of nitrogens with zero attached hydrogens (tertiary/aromatic N) is 5. The Morgan fingerprint density at radius 3 is 1.32 bits per heavy atom. The monoisotopic (exact) mass is 1010 g/mol. The lowest BCUT2D eigenvalue weighted by Gasteiger charge is -2.22. The SMILES string of the molecule is CC1(C)c2ccccc2-c2ccc(-c3nc(-c4cccc(-c5cccc(-c6cc(-c7ccc(-c8cccc9c8oc8ccccc89)cc7)nc(-c7ccccc7)n6)c5)c4)nc(-c4ccc5c(c4)C(C)(C)c4ccccc4-5)n3)cc21. The van der Waals surface area contributed by atoms with Gasteiger partial charge in [0.05, 0.1) is 11.4 Å². The van der Waals surface area contributed by atoms with Crippen LogP contribution in [-0.4, -0.2) is 24.9 Å². The van der Waals surface area contributed by atoms with Crippen LogP contribution in [0, 0.1) is 0 Å².